The molecule has 0 spiro atoms. The van der Waals surface area contributed by atoms with E-state index in [9.17, 15) is 14.5 Å². The molecule has 1 unspecified atom stereocenters. The third-order valence-corrected chi connectivity index (χ3v) is 2.96. The van der Waals surface area contributed by atoms with E-state index in [0.717, 1.165) is 11.8 Å². The van der Waals surface area contributed by atoms with Crippen LogP contribution in [-0.2, 0) is 13.0 Å². The highest BCUT2D eigenvalue weighted by Gasteiger charge is 2.11. The minimum atomic E-state index is -0.602. The SMILES string of the molecule is CC(N)Cc1cccn1Cc1cc(F)cc([N+](=O)[O-])c1. The van der Waals surface area contributed by atoms with Crippen molar-refractivity contribution in [1.82, 2.24) is 4.57 Å². The predicted molar refractivity (Wildman–Crippen MR) is 73.9 cm³/mol. The van der Waals surface area contributed by atoms with Gasteiger partial charge in [0.1, 0.15) is 5.82 Å². The Bertz CT molecular complexity index is 623. The summed E-state index contributed by atoms with van der Waals surface area (Å²) in [4.78, 5) is 10.1. The van der Waals surface area contributed by atoms with Crippen molar-refractivity contribution in [2.45, 2.75) is 25.9 Å². The molecule has 6 heteroatoms. The molecule has 0 aliphatic rings. The van der Waals surface area contributed by atoms with Gasteiger partial charge in [0.05, 0.1) is 11.0 Å². The van der Waals surface area contributed by atoms with Crippen molar-refractivity contribution in [2.24, 2.45) is 5.73 Å². The lowest BCUT2D eigenvalue weighted by atomic mass is 10.1. The van der Waals surface area contributed by atoms with Gasteiger partial charge in [-0.1, -0.05) is 0 Å². The number of nitrogens with two attached hydrogens (primary N) is 1. The molecule has 2 aromatic rings. The molecule has 20 heavy (non-hydrogen) atoms. The highest BCUT2D eigenvalue weighted by molar-refractivity contribution is 5.35. The van der Waals surface area contributed by atoms with Crippen LogP contribution in [0.15, 0.2) is 36.5 Å². The topological polar surface area (TPSA) is 74.1 Å². The normalized spacial score (nSPS) is 12.3. The number of nitro benzene ring substituents is 1. The molecule has 1 aromatic carbocycles. The second-order valence-electron chi connectivity index (χ2n) is 4.88. The van der Waals surface area contributed by atoms with Gasteiger partial charge in [-0.05, 0) is 30.7 Å². The zero-order valence-electron chi connectivity index (χ0n) is 11.1. The van der Waals surface area contributed by atoms with Gasteiger partial charge in [0.15, 0.2) is 0 Å². The second kappa shape index (κ2) is 5.83. The van der Waals surface area contributed by atoms with Gasteiger partial charge in [0.25, 0.3) is 5.69 Å². The number of hydrogen-bond donors (Lipinski definition) is 1. The lowest BCUT2D eigenvalue weighted by Gasteiger charge is -2.11. The highest BCUT2D eigenvalue weighted by atomic mass is 19.1. The summed E-state index contributed by atoms with van der Waals surface area (Å²) in [6.45, 7) is 2.29. The van der Waals surface area contributed by atoms with Crippen LogP contribution < -0.4 is 5.73 Å². The first-order valence-electron chi connectivity index (χ1n) is 6.29. The van der Waals surface area contributed by atoms with Gasteiger partial charge >= 0.3 is 0 Å². The Labute approximate surface area is 116 Å². The van der Waals surface area contributed by atoms with Crippen LogP contribution in [0.3, 0.4) is 0 Å². The summed E-state index contributed by atoms with van der Waals surface area (Å²) in [6.07, 6.45) is 2.55. The second-order valence-corrected chi connectivity index (χ2v) is 4.88. The van der Waals surface area contributed by atoms with Crippen molar-refractivity contribution in [3.63, 3.8) is 0 Å². The molecule has 0 radical (unpaired) electrons. The molecule has 0 saturated heterocycles. The van der Waals surface area contributed by atoms with E-state index in [1.807, 2.05) is 29.8 Å². The van der Waals surface area contributed by atoms with Crippen molar-refractivity contribution in [2.75, 3.05) is 0 Å². The van der Waals surface area contributed by atoms with Crippen molar-refractivity contribution >= 4 is 5.69 Å². The van der Waals surface area contributed by atoms with Crippen molar-refractivity contribution < 1.29 is 9.31 Å². The van der Waals surface area contributed by atoms with Gasteiger partial charge in [-0.15, -0.1) is 0 Å². The first-order valence-corrected chi connectivity index (χ1v) is 6.29. The lowest BCUT2D eigenvalue weighted by molar-refractivity contribution is -0.385. The predicted octanol–water partition coefficient (Wildman–Crippen LogP) is 2.47. The van der Waals surface area contributed by atoms with Crippen LogP contribution in [-0.4, -0.2) is 15.5 Å². The molecule has 2 rings (SSSR count). The van der Waals surface area contributed by atoms with E-state index in [-0.39, 0.29) is 11.7 Å². The minimum absolute atomic E-state index is 0.0190. The van der Waals surface area contributed by atoms with Crippen molar-refractivity contribution in [1.29, 1.82) is 0 Å². The molecule has 0 aliphatic heterocycles. The Morgan fingerprint density at radius 3 is 2.85 bits per heavy atom. The smallest absolute Gasteiger partial charge is 0.272 e. The van der Waals surface area contributed by atoms with E-state index < -0.39 is 10.7 Å². The molecule has 1 atom stereocenters. The number of benzene rings is 1. The van der Waals surface area contributed by atoms with E-state index in [4.69, 9.17) is 5.73 Å². The van der Waals surface area contributed by atoms with Crippen LogP contribution in [0.4, 0.5) is 10.1 Å². The maximum absolute atomic E-state index is 13.4. The van der Waals surface area contributed by atoms with E-state index in [1.54, 1.807) is 0 Å². The summed E-state index contributed by atoms with van der Waals surface area (Å²) in [7, 11) is 0. The maximum atomic E-state index is 13.4. The van der Waals surface area contributed by atoms with Crippen LogP contribution >= 0.6 is 0 Å². The average Bonchev–Trinajstić information content (AvgIpc) is 2.75. The Morgan fingerprint density at radius 1 is 1.45 bits per heavy atom. The Morgan fingerprint density at radius 2 is 2.20 bits per heavy atom. The zero-order valence-corrected chi connectivity index (χ0v) is 11.1. The molecule has 1 aromatic heterocycles. The highest BCUT2D eigenvalue weighted by Crippen LogP contribution is 2.18. The quantitative estimate of drug-likeness (QED) is 0.674. The number of rotatable bonds is 5. The fraction of sp³-hybridized carbons (Fsp3) is 0.286. The Balaban J connectivity index is 2.26. The van der Waals surface area contributed by atoms with Crippen LogP contribution in [0.5, 0.6) is 0 Å². The number of nitro groups is 1. The number of non-ortho nitro benzene ring substituents is 1. The van der Waals surface area contributed by atoms with Gasteiger partial charge in [-0.2, -0.15) is 0 Å². The third kappa shape index (κ3) is 3.42. The van der Waals surface area contributed by atoms with Crippen molar-refractivity contribution in [3.05, 3.63) is 63.7 Å². The molecule has 0 bridgehead atoms. The van der Waals surface area contributed by atoms with E-state index in [2.05, 4.69) is 0 Å². The van der Waals surface area contributed by atoms with Gasteiger partial charge in [0, 0.05) is 37.0 Å². The van der Waals surface area contributed by atoms with E-state index in [0.29, 0.717) is 18.5 Å². The average molecular weight is 277 g/mol. The van der Waals surface area contributed by atoms with Gasteiger partial charge in [0.2, 0.25) is 0 Å². The Kier molecular flexibility index (Phi) is 4.14. The van der Waals surface area contributed by atoms with Crippen LogP contribution in [0.25, 0.3) is 0 Å². The zero-order chi connectivity index (χ0) is 14.7. The fourth-order valence-electron chi connectivity index (χ4n) is 2.15. The first-order chi connectivity index (χ1) is 9.45. The molecule has 5 nitrogen and oxygen atoms in total. The van der Waals surface area contributed by atoms with Gasteiger partial charge < -0.3 is 10.3 Å². The monoisotopic (exact) mass is 277 g/mol. The number of halogens is 1. The summed E-state index contributed by atoms with van der Waals surface area (Å²) >= 11 is 0. The molecule has 0 saturated carbocycles. The first kappa shape index (κ1) is 14.2. The van der Waals surface area contributed by atoms with Crippen LogP contribution in [0.1, 0.15) is 18.2 Å². The summed E-state index contributed by atoms with van der Waals surface area (Å²) in [5.74, 6) is -0.602. The summed E-state index contributed by atoms with van der Waals surface area (Å²) in [5, 5.41) is 10.7. The van der Waals surface area contributed by atoms with E-state index >= 15 is 0 Å². The molecule has 0 amide bonds. The number of aromatic nitrogens is 1. The molecular weight excluding hydrogens is 261 g/mol. The fourth-order valence-corrected chi connectivity index (χ4v) is 2.15. The molecule has 2 N–H and O–H groups in total. The van der Waals surface area contributed by atoms with Crippen LogP contribution in [0.2, 0.25) is 0 Å². The van der Waals surface area contributed by atoms with Crippen LogP contribution in [0, 0.1) is 15.9 Å². The minimum Gasteiger partial charge on any atom is -0.347 e. The standard InChI is InChI=1S/C14H16FN3O2/c1-10(16)5-13-3-2-4-17(13)9-11-6-12(15)8-14(7-11)18(19)20/h2-4,6-8,10H,5,9,16H2,1H3. The number of hydrogen-bond acceptors (Lipinski definition) is 3. The lowest BCUT2D eigenvalue weighted by Crippen LogP contribution is -2.20. The van der Waals surface area contributed by atoms with Crippen molar-refractivity contribution in [3.8, 4) is 0 Å². The van der Waals surface area contributed by atoms with Gasteiger partial charge in [-0.25, -0.2) is 4.39 Å². The third-order valence-electron chi connectivity index (χ3n) is 2.96. The van der Waals surface area contributed by atoms with E-state index in [1.165, 1.54) is 12.1 Å². The number of nitrogens with zero attached hydrogens (tertiary/aromatic N) is 2. The summed E-state index contributed by atoms with van der Waals surface area (Å²) in [6, 6.07) is 7.46. The molecule has 0 fully saturated rings. The molecule has 1 heterocycles. The Hall–Kier alpha value is -2.21. The maximum Gasteiger partial charge on any atom is 0.272 e. The molecule has 106 valence electrons. The largest absolute Gasteiger partial charge is 0.347 e. The summed E-state index contributed by atoms with van der Waals surface area (Å²) < 4.78 is 15.3. The van der Waals surface area contributed by atoms with Gasteiger partial charge in [-0.3, -0.25) is 10.1 Å². The molecular formula is C14H16FN3O2. The summed E-state index contributed by atoms with van der Waals surface area (Å²) in [5.41, 5.74) is 7.11. The molecule has 0 aliphatic carbocycles.